The third kappa shape index (κ3) is 5.27. The Morgan fingerprint density at radius 1 is 0.357 bits per heavy atom. The van der Waals surface area contributed by atoms with Crippen molar-refractivity contribution < 1.29 is 0 Å². The van der Waals surface area contributed by atoms with Crippen molar-refractivity contribution in [3.63, 3.8) is 0 Å². The standard InChI is InChI=1S/C41H36B/c1-7-21-35(22-8-1)41(36-23-9-2-10-24-36,37-25-11-3-12-26-37)33-19-20-34-42(38-27-13-4-14-28-38,39-29-15-5-16-30-39)40-31-17-6-18-32-40/h1-32H,33-34H2/q-1/b20-19+. The maximum atomic E-state index is 2.44. The van der Waals surface area contributed by atoms with Gasteiger partial charge in [0, 0.05) is 5.41 Å². The highest BCUT2D eigenvalue weighted by molar-refractivity contribution is 7.11. The Balaban J connectivity index is 1.48. The van der Waals surface area contributed by atoms with Crippen molar-refractivity contribution in [2.75, 3.05) is 0 Å². The molecule has 1 heteroatoms. The Labute approximate surface area is 251 Å². The van der Waals surface area contributed by atoms with Crippen molar-refractivity contribution in [2.24, 2.45) is 0 Å². The van der Waals surface area contributed by atoms with Crippen LogP contribution in [0.3, 0.4) is 0 Å². The van der Waals surface area contributed by atoms with Crippen LogP contribution in [0, 0.1) is 0 Å². The fourth-order valence-electron chi connectivity index (χ4n) is 6.91. The van der Waals surface area contributed by atoms with E-state index in [0.29, 0.717) is 0 Å². The van der Waals surface area contributed by atoms with Gasteiger partial charge in [0.2, 0.25) is 0 Å². The first-order valence-electron chi connectivity index (χ1n) is 15.0. The van der Waals surface area contributed by atoms with Gasteiger partial charge < -0.3 is 0 Å². The molecule has 0 radical (unpaired) electrons. The summed E-state index contributed by atoms with van der Waals surface area (Å²) in [6, 6.07) is 66.1. The third-order valence-electron chi connectivity index (χ3n) is 8.99. The second-order valence-corrected chi connectivity index (χ2v) is 11.2. The van der Waals surface area contributed by atoms with Gasteiger partial charge in [-0.1, -0.05) is 188 Å². The molecular formula is C41H36B-. The average Bonchev–Trinajstić information content (AvgIpc) is 3.09. The molecule has 6 rings (SSSR count). The maximum Gasteiger partial charge on any atom is 0.0849 e. The van der Waals surface area contributed by atoms with Gasteiger partial charge in [-0.15, -0.1) is 12.4 Å². The molecule has 0 bridgehead atoms. The zero-order valence-corrected chi connectivity index (χ0v) is 24.0. The normalized spacial score (nSPS) is 11.9. The summed E-state index contributed by atoms with van der Waals surface area (Å²) in [4.78, 5) is 0. The van der Waals surface area contributed by atoms with E-state index < -0.39 is 6.15 Å². The van der Waals surface area contributed by atoms with Gasteiger partial charge >= 0.3 is 0 Å². The van der Waals surface area contributed by atoms with Crippen LogP contribution < -0.4 is 16.4 Å². The fourth-order valence-corrected chi connectivity index (χ4v) is 6.91. The Hall–Kier alpha value is -4.88. The van der Waals surface area contributed by atoms with E-state index >= 15 is 0 Å². The van der Waals surface area contributed by atoms with E-state index in [4.69, 9.17) is 0 Å². The average molecular weight is 540 g/mol. The molecule has 204 valence electrons. The maximum absolute atomic E-state index is 2.44. The highest BCUT2D eigenvalue weighted by Gasteiger charge is 2.35. The summed E-state index contributed by atoms with van der Waals surface area (Å²) in [5.41, 5.74) is 7.69. The molecule has 42 heavy (non-hydrogen) atoms. The highest BCUT2D eigenvalue weighted by atomic mass is 14.4. The highest BCUT2D eigenvalue weighted by Crippen LogP contribution is 2.42. The van der Waals surface area contributed by atoms with Crippen LogP contribution in [0.2, 0.25) is 6.32 Å². The summed E-state index contributed by atoms with van der Waals surface area (Å²) < 4.78 is 0. The third-order valence-corrected chi connectivity index (χ3v) is 8.99. The second-order valence-electron chi connectivity index (χ2n) is 11.2. The van der Waals surface area contributed by atoms with Crippen molar-refractivity contribution in [1.82, 2.24) is 0 Å². The van der Waals surface area contributed by atoms with Crippen LogP contribution >= 0.6 is 0 Å². The van der Waals surface area contributed by atoms with Gasteiger partial charge in [0.15, 0.2) is 0 Å². The molecule has 6 aromatic rings. The smallest absolute Gasteiger partial charge is 0.0849 e. The van der Waals surface area contributed by atoms with Crippen LogP contribution in [0.25, 0.3) is 0 Å². The van der Waals surface area contributed by atoms with E-state index in [1.165, 1.54) is 33.1 Å². The molecule has 0 spiro atoms. The second kappa shape index (κ2) is 12.7. The lowest BCUT2D eigenvalue weighted by Gasteiger charge is -2.42. The van der Waals surface area contributed by atoms with Crippen molar-refractivity contribution in [3.05, 3.63) is 211 Å². The number of rotatable bonds is 10. The molecule has 0 nitrogen and oxygen atoms in total. The molecule has 0 saturated heterocycles. The summed E-state index contributed by atoms with van der Waals surface area (Å²) in [5.74, 6) is 0. The predicted molar refractivity (Wildman–Crippen MR) is 182 cm³/mol. The van der Waals surface area contributed by atoms with E-state index in [9.17, 15) is 0 Å². The van der Waals surface area contributed by atoms with Crippen LogP contribution in [-0.2, 0) is 5.41 Å². The lowest BCUT2D eigenvalue weighted by molar-refractivity contribution is 0.627. The minimum absolute atomic E-state index is 0.303. The van der Waals surface area contributed by atoms with Crippen molar-refractivity contribution in [3.8, 4) is 0 Å². The summed E-state index contributed by atoms with van der Waals surface area (Å²) in [7, 11) is 0. The predicted octanol–water partition coefficient (Wildman–Crippen LogP) is 8.14. The van der Waals surface area contributed by atoms with Crippen LogP contribution in [0.4, 0.5) is 0 Å². The summed E-state index contributed by atoms with van der Waals surface area (Å²) >= 11 is 0. The van der Waals surface area contributed by atoms with E-state index in [-0.39, 0.29) is 5.41 Å². The number of benzene rings is 6. The monoisotopic (exact) mass is 539 g/mol. The number of allylic oxidation sites excluding steroid dienone is 2. The molecule has 0 atom stereocenters. The van der Waals surface area contributed by atoms with Crippen molar-refractivity contribution >= 4 is 22.5 Å². The van der Waals surface area contributed by atoms with Gasteiger partial charge in [-0.05, 0) is 23.1 Å². The summed E-state index contributed by atoms with van der Waals surface area (Å²) in [6.45, 7) is 0. The van der Waals surface area contributed by atoms with Gasteiger partial charge in [-0.3, -0.25) is 0 Å². The first kappa shape index (κ1) is 27.3. The largest absolute Gasteiger partial charge is 0.200 e. The van der Waals surface area contributed by atoms with Crippen molar-refractivity contribution in [1.29, 1.82) is 0 Å². The van der Waals surface area contributed by atoms with Crippen LogP contribution in [0.15, 0.2) is 194 Å². The fraction of sp³-hybridized carbons (Fsp3) is 0.0732. The first-order valence-corrected chi connectivity index (χ1v) is 15.0. The van der Waals surface area contributed by atoms with Crippen LogP contribution in [0.5, 0.6) is 0 Å². The minimum atomic E-state index is -1.23. The summed E-state index contributed by atoms with van der Waals surface area (Å²) in [5, 5.41) is 0. The van der Waals surface area contributed by atoms with E-state index in [1.807, 2.05) is 0 Å². The lowest BCUT2D eigenvalue weighted by Crippen LogP contribution is -2.66. The Morgan fingerprint density at radius 3 is 0.952 bits per heavy atom. The molecule has 0 fully saturated rings. The molecule has 0 N–H and O–H groups in total. The van der Waals surface area contributed by atoms with E-state index in [0.717, 1.165) is 12.7 Å². The Kier molecular flexibility index (Phi) is 8.29. The van der Waals surface area contributed by atoms with E-state index in [2.05, 4.69) is 194 Å². The van der Waals surface area contributed by atoms with Gasteiger partial charge in [0.05, 0.1) is 6.15 Å². The van der Waals surface area contributed by atoms with Crippen LogP contribution in [0.1, 0.15) is 23.1 Å². The zero-order chi connectivity index (χ0) is 28.5. The molecule has 0 saturated carbocycles. The van der Waals surface area contributed by atoms with Gasteiger partial charge in [0.25, 0.3) is 0 Å². The molecule has 0 amide bonds. The SMILES string of the molecule is C(=C\CC(c1ccccc1)(c1ccccc1)c1ccccc1)/C[B-](c1ccccc1)(c1ccccc1)c1ccccc1. The van der Waals surface area contributed by atoms with Gasteiger partial charge in [-0.25, -0.2) is 0 Å². The quantitative estimate of drug-likeness (QED) is 0.0937. The molecular weight excluding hydrogens is 503 g/mol. The van der Waals surface area contributed by atoms with Gasteiger partial charge in [0.1, 0.15) is 0 Å². The van der Waals surface area contributed by atoms with Crippen molar-refractivity contribution in [2.45, 2.75) is 18.2 Å². The van der Waals surface area contributed by atoms with Crippen LogP contribution in [-0.4, -0.2) is 6.15 Å². The molecule has 0 aliphatic carbocycles. The zero-order valence-electron chi connectivity index (χ0n) is 24.0. The number of hydrogen-bond donors (Lipinski definition) is 0. The Morgan fingerprint density at radius 2 is 0.643 bits per heavy atom. The molecule has 6 aromatic carbocycles. The minimum Gasteiger partial charge on any atom is -0.200 e. The topological polar surface area (TPSA) is 0 Å². The first-order chi connectivity index (χ1) is 20.8. The van der Waals surface area contributed by atoms with E-state index in [1.54, 1.807) is 0 Å². The molecule has 0 aliphatic rings. The lowest BCUT2D eigenvalue weighted by atomic mass is 9.14. The number of hydrogen-bond acceptors (Lipinski definition) is 0. The molecule has 0 aliphatic heterocycles. The van der Waals surface area contributed by atoms with Gasteiger partial charge in [-0.2, -0.15) is 16.4 Å². The Bertz CT molecular complexity index is 1350. The molecule has 0 heterocycles. The summed E-state index contributed by atoms with van der Waals surface area (Å²) in [6.07, 6.45) is 5.41. The molecule has 0 aromatic heterocycles. The molecule has 0 unspecified atom stereocenters.